The molecule has 0 bridgehead atoms. The lowest BCUT2D eigenvalue weighted by Crippen LogP contribution is -2.43. The average Bonchev–Trinajstić information content (AvgIpc) is 3.11. The first-order chi connectivity index (χ1) is 15.1. The van der Waals surface area contributed by atoms with E-state index in [2.05, 4.69) is 10.0 Å². The summed E-state index contributed by atoms with van der Waals surface area (Å²) in [5.41, 5.74) is 1.90. The molecule has 1 aromatic heterocycles. The zero-order valence-corrected chi connectivity index (χ0v) is 19.2. The molecule has 168 valence electrons. The monoisotopic (exact) mass is 514 g/mol. The fourth-order valence-corrected chi connectivity index (χ4v) is 5.60. The van der Waals surface area contributed by atoms with Gasteiger partial charge in [-0.2, -0.15) is 0 Å². The molecule has 1 atom stereocenters. The van der Waals surface area contributed by atoms with E-state index in [9.17, 15) is 18.0 Å². The van der Waals surface area contributed by atoms with Crippen molar-refractivity contribution in [3.63, 3.8) is 0 Å². The van der Waals surface area contributed by atoms with Crippen molar-refractivity contribution in [2.45, 2.75) is 10.3 Å². The van der Waals surface area contributed by atoms with Gasteiger partial charge < -0.3 is 15.5 Å². The molecular weight excluding hydrogens is 499 g/mol. The molecule has 4 N–H and O–H groups in total. The van der Waals surface area contributed by atoms with Crippen LogP contribution in [0.2, 0.25) is 9.36 Å². The van der Waals surface area contributed by atoms with Gasteiger partial charge in [0.05, 0.1) is 11.6 Å². The summed E-state index contributed by atoms with van der Waals surface area (Å²) >= 11 is 12.5. The van der Waals surface area contributed by atoms with E-state index in [4.69, 9.17) is 33.4 Å². The van der Waals surface area contributed by atoms with Crippen LogP contribution in [0.15, 0.2) is 58.8 Å². The molecule has 1 amide bonds. The van der Waals surface area contributed by atoms with E-state index in [1.807, 2.05) is 0 Å². The smallest absolute Gasteiger partial charge is 0.328 e. The number of carboxylic acid groups (broad SMARTS) is 1. The Morgan fingerprint density at radius 3 is 2.28 bits per heavy atom. The molecule has 3 rings (SSSR count). The number of carbonyl (C=O) groups is 2. The van der Waals surface area contributed by atoms with E-state index in [0.717, 1.165) is 11.3 Å². The Hall–Kier alpha value is -2.63. The Balaban J connectivity index is 1.78. The zero-order valence-electron chi connectivity index (χ0n) is 16.1. The summed E-state index contributed by atoms with van der Waals surface area (Å²) in [4.78, 5) is 23.1. The fourth-order valence-electron chi connectivity index (χ4n) is 2.67. The number of rotatable bonds is 8. The highest BCUT2D eigenvalue weighted by atomic mass is 35.5. The Bertz CT molecular complexity index is 1240. The summed E-state index contributed by atoms with van der Waals surface area (Å²) in [5.74, 6) is -1.99. The number of aliphatic hydroxyl groups excluding tert-OH is 1. The van der Waals surface area contributed by atoms with Gasteiger partial charge >= 0.3 is 5.97 Å². The van der Waals surface area contributed by atoms with Gasteiger partial charge in [0.2, 0.25) is 0 Å². The summed E-state index contributed by atoms with van der Waals surface area (Å²) in [6.07, 6.45) is 0. The van der Waals surface area contributed by atoms with E-state index < -0.39 is 34.5 Å². The van der Waals surface area contributed by atoms with Crippen LogP contribution < -0.4 is 10.0 Å². The van der Waals surface area contributed by atoms with Crippen LogP contribution in [-0.2, 0) is 14.8 Å². The number of benzene rings is 2. The van der Waals surface area contributed by atoms with Crippen molar-refractivity contribution >= 4 is 62.1 Å². The highest BCUT2D eigenvalue weighted by Gasteiger charge is 2.21. The van der Waals surface area contributed by atoms with Crippen LogP contribution in [0.5, 0.6) is 0 Å². The molecule has 0 aliphatic carbocycles. The first-order valence-corrected chi connectivity index (χ1v) is 12.0. The van der Waals surface area contributed by atoms with Gasteiger partial charge in [-0.3, -0.25) is 9.52 Å². The third-order valence-corrected chi connectivity index (χ3v) is 7.99. The lowest BCUT2D eigenvalue weighted by molar-refractivity contribution is -0.140. The van der Waals surface area contributed by atoms with Crippen molar-refractivity contribution in [3.05, 3.63) is 69.5 Å². The maximum absolute atomic E-state index is 12.6. The minimum Gasteiger partial charge on any atom is -0.480 e. The Morgan fingerprint density at radius 2 is 1.72 bits per heavy atom. The molecule has 3 aromatic rings. The first-order valence-electron chi connectivity index (χ1n) is 8.93. The van der Waals surface area contributed by atoms with Gasteiger partial charge in [0.25, 0.3) is 15.9 Å². The number of hydrogen-bond acceptors (Lipinski definition) is 6. The molecule has 8 nitrogen and oxygen atoms in total. The molecule has 12 heteroatoms. The summed E-state index contributed by atoms with van der Waals surface area (Å²) in [6.45, 7) is -0.730. The standard InChI is InChI=1S/C20H16Cl2N2O6S2/c21-15-9-17(31-18(15)22)32(29,30)24-14-3-1-2-13(8-14)11-4-6-12(7-5-11)19(26)23-16(10-25)20(27)28/h1-9,16,24-25H,10H2,(H,23,26)(H,27,28)/t16-/m0/s1. The lowest BCUT2D eigenvalue weighted by atomic mass is 10.0. The van der Waals surface area contributed by atoms with Crippen molar-refractivity contribution in [2.75, 3.05) is 11.3 Å². The number of hydrogen-bond donors (Lipinski definition) is 4. The maximum Gasteiger partial charge on any atom is 0.328 e. The normalized spacial score (nSPS) is 12.2. The molecular formula is C20H16Cl2N2O6S2. The first kappa shape index (κ1) is 24.0. The summed E-state index contributed by atoms with van der Waals surface area (Å²) < 4.78 is 27.8. The third-order valence-electron chi connectivity index (χ3n) is 4.27. The number of amides is 1. The van der Waals surface area contributed by atoms with Gasteiger partial charge in [-0.05, 0) is 41.5 Å². The molecule has 0 radical (unpaired) electrons. The summed E-state index contributed by atoms with van der Waals surface area (Å²) in [5, 5.41) is 20.3. The molecule has 0 saturated carbocycles. The number of carbonyl (C=O) groups excluding carboxylic acids is 1. The van der Waals surface area contributed by atoms with Gasteiger partial charge in [-0.15, -0.1) is 11.3 Å². The second kappa shape index (κ2) is 9.88. The number of carboxylic acids is 1. The number of nitrogens with one attached hydrogen (secondary N) is 2. The van der Waals surface area contributed by atoms with Crippen LogP contribution >= 0.6 is 34.5 Å². The molecule has 0 aliphatic rings. The van der Waals surface area contributed by atoms with Crippen molar-refractivity contribution in [1.29, 1.82) is 0 Å². The molecule has 0 fully saturated rings. The Morgan fingerprint density at radius 1 is 1.03 bits per heavy atom. The lowest BCUT2D eigenvalue weighted by Gasteiger charge is -2.12. The predicted octanol–water partition coefficient (Wildman–Crippen LogP) is 3.70. The number of aliphatic hydroxyl groups is 1. The Labute approximate surface area is 197 Å². The van der Waals surface area contributed by atoms with Crippen LogP contribution in [0.1, 0.15) is 10.4 Å². The second-order valence-electron chi connectivity index (χ2n) is 6.50. The van der Waals surface area contributed by atoms with Crippen LogP contribution in [-0.4, -0.2) is 43.2 Å². The van der Waals surface area contributed by atoms with E-state index in [-0.39, 0.29) is 19.1 Å². The van der Waals surface area contributed by atoms with E-state index >= 15 is 0 Å². The molecule has 0 spiro atoms. The third kappa shape index (κ3) is 5.59. The van der Waals surface area contributed by atoms with Crippen molar-refractivity contribution in [3.8, 4) is 11.1 Å². The molecule has 1 heterocycles. The number of halogens is 2. The van der Waals surface area contributed by atoms with Crippen LogP contribution in [0.3, 0.4) is 0 Å². The highest BCUT2D eigenvalue weighted by Crippen LogP contribution is 2.35. The van der Waals surface area contributed by atoms with E-state index in [0.29, 0.717) is 16.8 Å². The second-order valence-corrected chi connectivity index (χ2v) is 10.5. The van der Waals surface area contributed by atoms with Crippen LogP contribution in [0.4, 0.5) is 5.69 Å². The molecule has 0 saturated heterocycles. The number of anilines is 1. The van der Waals surface area contributed by atoms with Gasteiger partial charge in [0, 0.05) is 11.3 Å². The largest absolute Gasteiger partial charge is 0.480 e. The Kier molecular flexibility index (Phi) is 7.42. The highest BCUT2D eigenvalue weighted by molar-refractivity contribution is 7.94. The fraction of sp³-hybridized carbons (Fsp3) is 0.100. The number of thiophene rings is 1. The van der Waals surface area contributed by atoms with Gasteiger partial charge in [0.15, 0.2) is 6.04 Å². The molecule has 0 aliphatic heterocycles. The molecule has 0 unspecified atom stereocenters. The average molecular weight is 515 g/mol. The van der Waals surface area contributed by atoms with Crippen LogP contribution in [0.25, 0.3) is 11.1 Å². The predicted molar refractivity (Wildman–Crippen MR) is 123 cm³/mol. The number of sulfonamides is 1. The SMILES string of the molecule is O=C(N[C@@H](CO)C(=O)O)c1ccc(-c2cccc(NS(=O)(=O)c3cc(Cl)c(Cl)s3)c2)cc1. The molecule has 32 heavy (non-hydrogen) atoms. The summed E-state index contributed by atoms with van der Waals surface area (Å²) in [7, 11) is -3.87. The minimum atomic E-state index is -3.87. The number of aliphatic carboxylic acids is 1. The zero-order chi connectivity index (χ0) is 23.5. The van der Waals surface area contributed by atoms with Gasteiger partial charge in [-0.1, -0.05) is 47.5 Å². The van der Waals surface area contributed by atoms with E-state index in [1.54, 1.807) is 36.4 Å². The van der Waals surface area contributed by atoms with Gasteiger partial charge in [-0.25, -0.2) is 13.2 Å². The van der Waals surface area contributed by atoms with Gasteiger partial charge in [0.1, 0.15) is 8.55 Å². The topological polar surface area (TPSA) is 133 Å². The minimum absolute atomic E-state index is 0.0178. The van der Waals surface area contributed by atoms with Crippen molar-refractivity contribution in [1.82, 2.24) is 5.32 Å². The van der Waals surface area contributed by atoms with Crippen molar-refractivity contribution < 1.29 is 28.2 Å². The molecule has 2 aromatic carbocycles. The summed E-state index contributed by atoms with van der Waals surface area (Å²) in [6, 6.07) is 12.8. The van der Waals surface area contributed by atoms with E-state index in [1.165, 1.54) is 18.2 Å². The van der Waals surface area contributed by atoms with Crippen LogP contribution in [0, 0.1) is 0 Å². The maximum atomic E-state index is 12.6. The van der Waals surface area contributed by atoms with Crippen molar-refractivity contribution in [2.24, 2.45) is 0 Å². The quantitative estimate of drug-likeness (QED) is 0.362.